The van der Waals surface area contributed by atoms with Crippen LogP contribution in [0, 0.1) is 0 Å². The maximum absolute atomic E-state index is 6.09. The molecule has 5 heteroatoms. The van der Waals surface area contributed by atoms with E-state index in [4.69, 9.17) is 28.9 Å². The molecule has 2 rings (SSSR count). The molecule has 3 N–H and O–H groups in total. The summed E-state index contributed by atoms with van der Waals surface area (Å²) in [5.41, 5.74) is 6.51. The van der Waals surface area contributed by atoms with Gasteiger partial charge < -0.3 is 11.1 Å². The molecular formula is C10H11BrCl2N2. The van der Waals surface area contributed by atoms with Crippen LogP contribution in [0.15, 0.2) is 16.6 Å². The van der Waals surface area contributed by atoms with E-state index in [9.17, 15) is 0 Å². The van der Waals surface area contributed by atoms with Crippen molar-refractivity contribution >= 4 is 44.8 Å². The first-order valence-electron chi connectivity index (χ1n) is 4.73. The van der Waals surface area contributed by atoms with Crippen LogP contribution in [0.2, 0.25) is 10.0 Å². The molecule has 1 saturated carbocycles. The molecule has 1 aliphatic carbocycles. The lowest BCUT2D eigenvalue weighted by Gasteiger charge is -2.34. The number of halogens is 3. The van der Waals surface area contributed by atoms with Gasteiger partial charge in [-0.2, -0.15) is 0 Å². The van der Waals surface area contributed by atoms with Gasteiger partial charge in [0, 0.05) is 16.6 Å². The molecule has 1 aromatic carbocycles. The van der Waals surface area contributed by atoms with E-state index in [0.717, 1.165) is 23.0 Å². The summed E-state index contributed by atoms with van der Waals surface area (Å²) in [6.45, 7) is 0. The molecule has 0 saturated heterocycles. The highest BCUT2D eigenvalue weighted by atomic mass is 79.9. The summed E-state index contributed by atoms with van der Waals surface area (Å²) in [6, 6.07) is 4.37. The van der Waals surface area contributed by atoms with Gasteiger partial charge in [0.1, 0.15) is 0 Å². The average Bonchev–Trinajstić information content (AvgIpc) is 2.07. The first kappa shape index (κ1) is 11.5. The fraction of sp³-hybridized carbons (Fsp3) is 0.400. The van der Waals surface area contributed by atoms with Gasteiger partial charge in [0.25, 0.3) is 0 Å². The van der Waals surface area contributed by atoms with Crippen molar-refractivity contribution in [2.45, 2.75) is 24.9 Å². The molecule has 0 aromatic heterocycles. The van der Waals surface area contributed by atoms with E-state index in [0.29, 0.717) is 22.1 Å². The number of nitrogens with one attached hydrogen (secondary N) is 1. The quantitative estimate of drug-likeness (QED) is 0.875. The topological polar surface area (TPSA) is 38.0 Å². The molecular weight excluding hydrogens is 299 g/mol. The predicted molar refractivity (Wildman–Crippen MR) is 68.8 cm³/mol. The van der Waals surface area contributed by atoms with E-state index < -0.39 is 0 Å². The Labute approximate surface area is 107 Å². The number of hydrogen-bond acceptors (Lipinski definition) is 2. The fourth-order valence-electron chi connectivity index (χ4n) is 1.66. The van der Waals surface area contributed by atoms with Crippen LogP contribution in [0.4, 0.5) is 5.69 Å². The number of benzene rings is 1. The summed E-state index contributed by atoms with van der Waals surface area (Å²) in [5, 5.41) is 4.58. The van der Waals surface area contributed by atoms with Gasteiger partial charge in [-0.05, 0) is 25.0 Å². The Kier molecular flexibility index (Phi) is 3.45. The van der Waals surface area contributed by atoms with Gasteiger partial charge in [0.2, 0.25) is 0 Å². The van der Waals surface area contributed by atoms with E-state index >= 15 is 0 Å². The highest BCUT2D eigenvalue weighted by Crippen LogP contribution is 2.36. The van der Waals surface area contributed by atoms with Gasteiger partial charge in [0.15, 0.2) is 0 Å². The van der Waals surface area contributed by atoms with Crippen LogP contribution in [0.25, 0.3) is 0 Å². The SMILES string of the molecule is NC1CC(Nc2c(Cl)cc(Br)cc2Cl)C1. The third-order valence-electron chi connectivity index (χ3n) is 2.53. The fourth-order valence-corrected chi connectivity index (χ4v) is 2.98. The van der Waals surface area contributed by atoms with E-state index in [1.165, 1.54) is 0 Å². The molecule has 1 aliphatic rings. The Bertz CT molecular complexity index is 355. The number of hydrogen-bond donors (Lipinski definition) is 2. The molecule has 0 spiro atoms. The van der Waals surface area contributed by atoms with Crippen LogP contribution in [-0.4, -0.2) is 12.1 Å². The largest absolute Gasteiger partial charge is 0.380 e. The van der Waals surface area contributed by atoms with Crippen LogP contribution < -0.4 is 11.1 Å². The second kappa shape index (κ2) is 4.50. The zero-order chi connectivity index (χ0) is 11.0. The van der Waals surface area contributed by atoms with Crippen molar-refractivity contribution in [3.63, 3.8) is 0 Å². The van der Waals surface area contributed by atoms with E-state index in [-0.39, 0.29) is 0 Å². The van der Waals surface area contributed by atoms with Crippen LogP contribution >= 0.6 is 39.1 Å². The molecule has 0 bridgehead atoms. The minimum absolute atomic E-state index is 0.315. The Balaban J connectivity index is 2.14. The number of nitrogens with two attached hydrogens (primary N) is 1. The van der Waals surface area contributed by atoms with Crippen LogP contribution in [0.3, 0.4) is 0 Å². The standard InChI is InChI=1S/C10H11BrCl2N2/c11-5-1-8(12)10(9(13)2-5)15-7-3-6(14)4-7/h1-2,6-7,15H,3-4,14H2. The van der Waals surface area contributed by atoms with E-state index in [1.54, 1.807) is 0 Å². The van der Waals surface area contributed by atoms with Crippen molar-refractivity contribution in [3.05, 3.63) is 26.7 Å². The summed E-state index contributed by atoms with van der Waals surface area (Å²) in [6.07, 6.45) is 1.95. The summed E-state index contributed by atoms with van der Waals surface area (Å²) in [5.74, 6) is 0. The van der Waals surface area contributed by atoms with Crippen molar-refractivity contribution in [3.8, 4) is 0 Å². The molecule has 0 aliphatic heterocycles. The number of anilines is 1. The Morgan fingerprint density at radius 3 is 2.27 bits per heavy atom. The molecule has 1 fully saturated rings. The van der Waals surface area contributed by atoms with Gasteiger partial charge in [-0.15, -0.1) is 0 Å². The smallest absolute Gasteiger partial charge is 0.0721 e. The minimum Gasteiger partial charge on any atom is -0.380 e. The molecule has 0 radical (unpaired) electrons. The molecule has 1 aromatic rings. The second-order valence-electron chi connectivity index (χ2n) is 3.82. The molecule has 15 heavy (non-hydrogen) atoms. The Hall–Kier alpha value is 0.0400. The van der Waals surface area contributed by atoms with Crippen molar-refractivity contribution in [2.24, 2.45) is 5.73 Å². The van der Waals surface area contributed by atoms with Gasteiger partial charge in [-0.3, -0.25) is 0 Å². The highest BCUT2D eigenvalue weighted by Gasteiger charge is 2.26. The summed E-state index contributed by atoms with van der Waals surface area (Å²) < 4.78 is 0.883. The van der Waals surface area contributed by atoms with Crippen LogP contribution in [0.5, 0.6) is 0 Å². The molecule has 82 valence electrons. The third-order valence-corrected chi connectivity index (χ3v) is 3.58. The average molecular weight is 310 g/mol. The summed E-state index contributed by atoms with van der Waals surface area (Å²) >= 11 is 15.5. The van der Waals surface area contributed by atoms with E-state index in [2.05, 4.69) is 21.2 Å². The maximum Gasteiger partial charge on any atom is 0.0721 e. The first-order valence-corrected chi connectivity index (χ1v) is 6.28. The van der Waals surface area contributed by atoms with Crippen molar-refractivity contribution in [2.75, 3.05) is 5.32 Å². The Morgan fingerprint density at radius 1 is 1.27 bits per heavy atom. The summed E-state index contributed by atoms with van der Waals surface area (Å²) in [7, 11) is 0. The molecule has 0 unspecified atom stereocenters. The molecule has 0 atom stereocenters. The van der Waals surface area contributed by atoms with Gasteiger partial charge in [0.05, 0.1) is 15.7 Å². The zero-order valence-electron chi connectivity index (χ0n) is 7.93. The highest BCUT2D eigenvalue weighted by molar-refractivity contribution is 9.10. The minimum atomic E-state index is 0.315. The van der Waals surface area contributed by atoms with Gasteiger partial charge in [-0.1, -0.05) is 39.1 Å². The molecule has 0 amide bonds. The first-order chi connectivity index (χ1) is 7.06. The lowest BCUT2D eigenvalue weighted by atomic mass is 9.87. The van der Waals surface area contributed by atoms with Crippen molar-refractivity contribution < 1.29 is 0 Å². The van der Waals surface area contributed by atoms with Crippen molar-refractivity contribution in [1.82, 2.24) is 0 Å². The second-order valence-corrected chi connectivity index (χ2v) is 5.55. The van der Waals surface area contributed by atoms with Crippen LogP contribution in [0.1, 0.15) is 12.8 Å². The lowest BCUT2D eigenvalue weighted by Crippen LogP contribution is -2.44. The van der Waals surface area contributed by atoms with Crippen molar-refractivity contribution in [1.29, 1.82) is 0 Å². The van der Waals surface area contributed by atoms with Gasteiger partial charge in [-0.25, -0.2) is 0 Å². The monoisotopic (exact) mass is 308 g/mol. The molecule has 2 nitrogen and oxygen atoms in total. The Morgan fingerprint density at radius 2 is 1.80 bits per heavy atom. The normalized spacial score (nSPS) is 24.8. The predicted octanol–water partition coefficient (Wildman–Crippen LogP) is 3.66. The summed E-state index contributed by atoms with van der Waals surface area (Å²) in [4.78, 5) is 0. The third kappa shape index (κ3) is 2.59. The van der Waals surface area contributed by atoms with Gasteiger partial charge >= 0.3 is 0 Å². The lowest BCUT2D eigenvalue weighted by molar-refractivity contribution is 0.374. The maximum atomic E-state index is 6.09. The zero-order valence-corrected chi connectivity index (χ0v) is 11.0. The van der Waals surface area contributed by atoms with Crippen LogP contribution in [-0.2, 0) is 0 Å². The van der Waals surface area contributed by atoms with E-state index in [1.807, 2.05) is 12.1 Å². The molecule has 0 heterocycles. The number of rotatable bonds is 2.